The van der Waals surface area contributed by atoms with Crippen molar-refractivity contribution in [1.29, 1.82) is 0 Å². The van der Waals surface area contributed by atoms with Crippen molar-refractivity contribution in [3.05, 3.63) is 42.6 Å². The molecular formula is C15H14FN5OS. The van der Waals surface area contributed by atoms with Gasteiger partial charge in [0.05, 0.1) is 23.0 Å². The summed E-state index contributed by atoms with van der Waals surface area (Å²) in [6.45, 7) is 2.47. The van der Waals surface area contributed by atoms with Gasteiger partial charge >= 0.3 is 0 Å². The van der Waals surface area contributed by atoms with E-state index in [4.69, 9.17) is 0 Å². The van der Waals surface area contributed by atoms with Crippen molar-refractivity contribution < 1.29 is 9.18 Å². The Bertz CT molecular complexity index is 834. The van der Waals surface area contributed by atoms with Gasteiger partial charge in [0.2, 0.25) is 5.91 Å². The quantitative estimate of drug-likeness (QED) is 0.573. The fourth-order valence-corrected chi connectivity index (χ4v) is 2.88. The third-order valence-electron chi connectivity index (χ3n) is 3.11. The summed E-state index contributed by atoms with van der Waals surface area (Å²) in [6, 6.07) is 6.00. The van der Waals surface area contributed by atoms with Gasteiger partial charge in [-0.3, -0.25) is 4.79 Å². The predicted molar refractivity (Wildman–Crippen MR) is 86.0 cm³/mol. The number of benzene rings is 1. The Morgan fingerprint density at radius 3 is 2.83 bits per heavy atom. The molecule has 6 nitrogen and oxygen atoms in total. The van der Waals surface area contributed by atoms with Gasteiger partial charge in [0.15, 0.2) is 5.65 Å². The molecule has 0 aliphatic rings. The van der Waals surface area contributed by atoms with E-state index >= 15 is 0 Å². The van der Waals surface area contributed by atoms with Crippen LogP contribution in [-0.2, 0) is 4.79 Å². The molecule has 0 atom stereocenters. The Balaban J connectivity index is 1.91. The number of carbonyl (C=O) groups is 1. The first kappa shape index (κ1) is 15.4. The van der Waals surface area contributed by atoms with Crippen LogP contribution in [0, 0.1) is 5.82 Å². The van der Waals surface area contributed by atoms with Crippen LogP contribution in [-0.4, -0.2) is 38.0 Å². The molecule has 0 saturated heterocycles. The standard InChI is InChI=1S/C15H14FN5OS/c1-2-17-13(22)8-23-15-12-7-20-21(14(12)18-9-19-15)11-5-3-10(16)4-6-11/h3-7,9H,2,8H2,1H3,(H,17,22). The molecule has 23 heavy (non-hydrogen) atoms. The molecule has 0 saturated carbocycles. The molecule has 2 heterocycles. The monoisotopic (exact) mass is 331 g/mol. The highest BCUT2D eigenvalue weighted by Crippen LogP contribution is 2.25. The van der Waals surface area contributed by atoms with E-state index in [0.717, 1.165) is 5.39 Å². The molecule has 2 aromatic heterocycles. The van der Waals surface area contributed by atoms with Gasteiger partial charge in [-0.25, -0.2) is 19.0 Å². The second-order valence-corrected chi connectivity index (χ2v) is 5.66. The summed E-state index contributed by atoms with van der Waals surface area (Å²) in [7, 11) is 0. The van der Waals surface area contributed by atoms with Crippen LogP contribution < -0.4 is 5.32 Å². The summed E-state index contributed by atoms with van der Waals surface area (Å²) in [5.41, 5.74) is 1.32. The number of thioether (sulfide) groups is 1. The van der Waals surface area contributed by atoms with E-state index in [1.165, 1.54) is 30.2 Å². The lowest BCUT2D eigenvalue weighted by molar-refractivity contribution is -0.118. The van der Waals surface area contributed by atoms with Crippen LogP contribution in [0.5, 0.6) is 0 Å². The summed E-state index contributed by atoms with van der Waals surface area (Å²) in [5, 5.41) is 8.48. The fraction of sp³-hybridized carbons (Fsp3) is 0.200. The smallest absolute Gasteiger partial charge is 0.230 e. The minimum Gasteiger partial charge on any atom is -0.356 e. The first-order valence-corrected chi connectivity index (χ1v) is 8.01. The number of hydrogen-bond acceptors (Lipinski definition) is 5. The van der Waals surface area contributed by atoms with Gasteiger partial charge in [-0.2, -0.15) is 5.10 Å². The summed E-state index contributed by atoms with van der Waals surface area (Å²) >= 11 is 1.33. The van der Waals surface area contributed by atoms with Crippen LogP contribution >= 0.6 is 11.8 Å². The molecule has 8 heteroatoms. The lowest BCUT2D eigenvalue weighted by Crippen LogP contribution is -2.24. The minimum absolute atomic E-state index is 0.0461. The van der Waals surface area contributed by atoms with Crippen molar-refractivity contribution >= 4 is 28.7 Å². The van der Waals surface area contributed by atoms with E-state index in [2.05, 4.69) is 20.4 Å². The maximum absolute atomic E-state index is 13.0. The number of carbonyl (C=O) groups excluding carboxylic acids is 1. The van der Waals surface area contributed by atoms with Crippen LogP contribution in [0.3, 0.4) is 0 Å². The highest BCUT2D eigenvalue weighted by atomic mass is 32.2. The molecule has 0 radical (unpaired) electrons. The van der Waals surface area contributed by atoms with Crippen LogP contribution in [0.4, 0.5) is 4.39 Å². The van der Waals surface area contributed by atoms with E-state index in [9.17, 15) is 9.18 Å². The maximum atomic E-state index is 13.0. The normalized spacial score (nSPS) is 10.9. The Kier molecular flexibility index (Phi) is 4.52. The zero-order chi connectivity index (χ0) is 16.2. The zero-order valence-electron chi connectivity index (χ0n) is 12.4. The van der Waals surface area contributed by atoms with Gasteiger partial charge in [0, 0.05) is 6.54 Å². The number of nitrogens with one attached hydrogen (secondary N) is 1. The second kappa shape index (κ2) is 6.74. The number of rotatable bonds is 5. The molecule has 0 bridgehead atoms. The number of amides is 1. The molecule has 1 aromatic carbocycles. The third kappa shape index (κ3) is 3.31. The van der Waals surface area contributed by atoms with E-state index in [0.29, 0.717) is 22.9 Å². The van der Waals surface area contributed by atoms with E-state index in [-0.39, 0.29) is 17.5 Å². The summed E-state index contributed by atoms with van der Waals surface area (Å²) in [4.78, 5) is 20.0. The van der Waals surface area contributed by atoms with Crippen molar-refractivity contribution in [1.82, 2.24) is 25.1 Å². The number of fused-ring (bicyclic) bond motifs is 1. The average molecular weight is 331 g/mol. The molecule has 3 rings (SSSR count). The van der Waals surface area contributed by atoms with Gasteiger partial charge in [-0.1, -0.05) is 11.8 Å². The molecular weight excluding hydrogens is 317 g/mol. The Morgan fingerprint density at radius 2 is 2.09 bits per heavy atom. The van der Waals surface area contributed by atoms with Crippen molar-refractivity contribution in [3.8, 4) is 5.69 Å². The Labute approximate surface area is 136 Å². The minimum atomic E-state index is -0.307. The van der Waals surface area contributed by atoms with Crippen LogP contribution in [0.25, 0.3) is 16.7 Å². The van der Waals surface area contributed by atoms with Crippen molar-refractivity contribution in [2.45, 2.75) is 11.9 Å². The van der Waals surface area contributed by atoms with Gasteiger partial charge in [0.1, 0.15) is 17.2 Å². The van der Waals surface area contributed by atoms with Crippen LogP contribution in [0.15, 0.2) is 41.8 Å². The first-order valence-electron chi connectivity index (χ1n) is 7.03. The number of aromatic nitrogens is 4. The van der Waals surface area contributed by atoms with E-state index < -0.39 is 0 Å². The summed E-state index contributed by atoms with van der Waals surface area (Å²) in [6.07, 6.45) is 3.09. The largest absolute Gasteiger partial charge is 0.356 e. The predicted octanol–water partition coefficient (Wildman–Crippen LogP) is 2.18. The maximum Gasteiger partial charge on any atom is 0.230 e. The molecule has 1 N–H and O–H groups in total. The Hall–Kier alpha value is -2.48. The molecule has 118 valence electrons. The first-order chi connectivity index (χ1) is 11.2. The van der Waals surface area contributed by atoms with Crippen molar-refractivity contribution in [2.75, 3.05) is 12.3 Å². The lowest BCUT2D eigenvalue weighted by Gasteiger charge is -2.04. The second-order valence-electron chi connectivity index (χ2n) is 4.69. The molecule has 0 spiro atoms. The summed E-state index contributed by atoms with van der Waals surface area (Å²) in [5.74, 6) is -0.0741. The van der Waals surface area contributed by atoms with Gasteiger partial charge in [-0.15, -0.1) is 0 Å². The van der Waals surface area contributed by atoms with Crippen LogP contribution in [0.1, 0.15) is 6.92 Å². The molecule has 0 aliphatic heterocycles. The lowest BCUT2D eigenvalue weighted by atomic mass is 10.3. The Morgan fingerprint density at radius 1 is 1.30 bits per heavy atom. The molecule has 1 amide bonds. The van der Waals surface area contributed by atoms with Crippen molar-refractivity contribution in [3.63, 3.8) is 0 Å². The highest BCUT2D eigenvalue weighted by Gasteiger charge is 2.12. The SMILES string of the molecule is CCNC(=O)CSc1ncnc2c1cnn2-c1ccc(F)cc1. The van der Waals surface area contributed by atoms with Gasteiger partial charge in [-0.05, 0) is 31.2 Å². The molecule has 0 unspecified atom stereocenters. The van der Waals surface area contributed by atoms with Crippen LogP contribution in [0.2, 0.25) is 0 Å². The molecule has 0 aliphatic carbocycles. The van der Waals surface area contributed by atoms with E-state index in [1.54, 1.807) is 23.0 Å². The van der Waals surface area contributed by atoms with Gasteiger partial charge in [0.25, 0.3) is 0 Å². The fourth-order valence-electron chi connectivity index (χ4n) is 2.09. The number of hydrogen-bond donors (Lipinski definition) is 1. The zero-order valence-corrected chi connectivity index (χ0v) is 13.2. The van der Waals surface area contributed by atoms with Gasteiger partial charge < -0.3 is 5.32 Å². The molecule has 0 fully saturated rings. The number of halogens is 1. The topological polar surface area (TPSA) is 72.7 Å². The third-order valence-corrected chi connectivity index (χ3v) is 4.12. The van der Waals surface area contributed by atoms with E-state index in [1.807, 2.05) is 6.92 Å². The highest BCUT2D eigenvalue weighted by molar-refractivity contribution is 8.00. The number of nitrogens with zero attached hydrogens (tertiary/aromatic N) is 4. The average Bonchev–Trinajstić information content (AvgIpc) is 2.98. The summed E-state index contributed by atoms with van der Waals surface area (Å²) < 4.78 is 14.7. The van der Waals surface area contributed by atoms with Crippen molar-refractivity contribution in [2.24, 2.45) is 0 Å². The molecule has 3 aromatic rings.